The maximum atomic E-state index is 14.8. The van der Waals surface area contributed by atoms with Gasteiger partial charge in [-0.1, -0.05) is 47.1 Å². The number of aliphatic hydroxyl groups is 5. The summed E-state index contributed by atoms with van der Waals surface area (Å²) in [6.07, 6.45) is -12.2. The van der Waals surface area contributed by atoms with Crippen molar-refractivity contribution in [1.82, 2.24) is 0 Å². The molecule has 0 amide bonds. The predicted molar refractivity (Wildman–Crippen MR) is 199 cm³/mol. The number of ether oxygens (including phenoxy) is 4. The Morgan fingerprint density at radius 3 is 1.88 bits per heavy atom. The van der Waals surface area contributed by atoms with Crippen molar-refractivity contribution >= 4 is 23.7 Å². The summed E-state index contributed by atoms with van der Waals surface area (Å²) in [6, 6.07) is 0. The van der Waals surface area contributed by atoms with Gasteiger partial charge in [0, 0.05) is 5.92 Å². The van der Waals surface area contributed by atoms with E-state index in [0.29, 0.717) is 25.7 Å². The molecule has 2 heterocycles. The number of hydrogen-bond donors (Lipinski definition) is 8. The third-order valence-corrected chi connectivity index (χ3v) is 17.2. The molecule has 4 saturated carbocycles. The van der Waals surface area contributed by atoms with Crippen LogP contribution in [0, 0.1) is 50.2 Å². The number of carboxylic acid groups (broad SMARTS) is 3. The van der Waals surface area contributed by atoms with Crippen molar-refractivity contribution in [2.75, 3.05) is 0 Å². The van der Waals surface area contributed by atoms with Gasteiger partial charge in [0.05, 0.1) is 11.5 Å². The van der Waals surface area contributed by atoms with Crippen LogP contribution in [0.5, 0.6) is 0 Å². The molecule has 19 atom stereocenters. The lowest BCUT2D eigenvalue weighted by atomic mass is 9.33. The summed E-state index contributed by atoms with van der Waals surface area (Å²) in [4.78, 5) is 51.3. The van der Waals surface area contributed by atoms with Gasteiger partial charge in [-0.05, 0) is 110 Å². The highest BCUT2D eigenvalue weighted by Crippen LogP contribution is 2.75. The number of carbonyl (C=O) groups is 4. The summed E-state index contributed by atoms with van der Waals surface area (Å²) in [5.74, 6) is -4.47. The molecule has 9 unspecified atom stereocenters. The monoisotopic (exact) mass is 822 g/mol. The first-order chi connectivity index (χ1) is 26.8. The van der Waals surface area contributed by atoms with Crippen molar-refractivity contribution in [3.05, 3.63) is 11.6 Å². The second-order valence-corrected chi connectivity index (χ2v) is 20.6. The van der Waals surface area contributed by atoms with Gasteiger partial charge in [0.2, 0.25) is 0 Å². The number of ketones is 1. The van der Waals surface area contributed by atoms with E-state index in [-0.39, 0.29) is 34.4 Å². The molecule has 8 N–H and O–H groups in total. The van der Waals surface area contributed by atoms with E-state index >= 15 is 0 Å². The Bertz CT molecular complexity index is 1730. The molecule has 0 aromatic heterocycles. The van der Waals surface area contributed by atoms with Crippen LogP contribution in [0.15, 0.2) is 11.6 Å². The molecule has 58 heavy (non-hydrogen) atoms. The zero-order valence-electron chi connectivity index (χ0n) is 34.4. The van der Waals surface area contributed by atoms with Crippen LogP contribution in [0.1, 0.15) is 106 Å². The van der Waals surface area contributed by atoms with Gasteiger partial charge in [0.15, 0.2) is 30.6 Å². The first-order valence-electron chi connectivity index (χ1n) is 20.7. The highest BCUT2D eigenvalue weighted by atomic mass is 16.8. The Labute approximate surface area is 337 Å². The van der Waals surface area contributed by atoms with Crippen LogP contribution in [-0.4, -0.2) is 132 Å². The Hall–Kier alpha value is -2.54. The third kappa shape index (κ3) is 6.25. The van der Waals surface area contributed by atoms with Crippen molar-refractivity contribution in [3.8, 4) is 0 Å². The highest BCUT2D eigenvalue weighted by Gasteiger charge is 2.71. The van der Waals surface area contributed by atoms with Gasteiger partial charge in [-0.25, -0.2) is 9.59 Å². The number of allylic oxidation sites excluding steroid dienone is 2. The fourth-order valence-corrected chi connectivity index (χ4v) is 13.4. The van der Waals surface area contributed by atoms with Crippen molar-refractivity contribution in [1.29, 1.82) is 0 Å². The summed E-state index contributed by atoms with van der Waals surface area (Å²) >= 11 is 0. The molecular weight excluding hydrogens is 760 g/mol. The topological polar surface area (TPSA) is 267 Å². The predicted octanol–water partition coefficient (Wildman–Crippen LogP) is 2.25. The van der Waals surface area contributed by atoms with Crippen LogP contribution in [0.3, 0.4) is 0 Å². The fourth-order valence-electron chi connectivity index (χ4n) is 13.4. The number of hydrogen-bond acceptors (Lipinski definition) is 13. The second kappa shape index (κ2) is 14.3. The molecule has 5 aliphatic carbocycles. The summed E-state index contributed by atoms with van der Waals surface area (Å²) in [6.45, 7) is 14.8. The molecule has 0 spiro atoms. The molecule has 0 aromatic rings. The van der Waals surface area contributed by atoms with Crippen LogP contribution >= 0.6 is 0 Å². The average molecular weight is 823 g/mol. The zero-order valence-corrected chi connectivity index (χ0v) is 34.4. The normalized spacial score (nSPS) is 52.6. The van der Waals surface area contributed by atoms with E-state index in [0.717, 1.165) is 37.7 Å². The standard InChI is InChI=1S/C42H62O16/c1-37(2)21-8-11-42(7)31(20(43)16-18-19-17-39(4,36(53)54)13-12-38(19,3)14-15-41(18,42)6)40(21,5)10-9-22(37)55-35-30(26(47)25(46)29(57-35)33(51)52)58-34-27(48)23(44)24(45)28(56-34)32(49)50/h16,19,21-31,34-35,44-48H,8-15,17H2,1-7H3,(H,49,50)(H,51,52)(H,53,54)/t19-,21?,22-,23?,24?,25?,26?,27?,28-,29?,30?,31+,34-,35?,38+,39+,40-,41+,42+/m1/s1. The Balaban J connectivity index is 1.17. The quantitative estimate of drug-likeness (QED) is 0.171. The van der Waals surface area contributed by atoms with E-state index in [1.54, 1.807) is 0 Å². The number of aliphatic hydroxyl groups excluding tert-OH is 5. The van der Waals surface area contributed by atoms with Gasteiger partial charge < -0.3 is 59.8 Å². The lowest BCUT2D eigenvalue weighted by molar-refractivity contribution is -0.371. The van der Waals surface area contributed by atoms with E-state index in [1.807, 2.05) is 26.8 Å². The largest absolute Gasteiger partial charge is 0.481 e. The molecule has 6 fully saturated rings. The van der Waals surface area contributed by atoms with Gasteiger partial charge >= 0.3 is 17.9 Å². The van der Waals surface area contributed by atoms with Crippen LogP contribution < -0.4 is 0 Å². The third-order valence-electron chi connectivity index (χ3n) is 17.2. The van der Waals surface area contributed by atoms with Gasteiger partial charge in [-0.2, -0.15) is 0 Å². The van der Waals surface area contributed by atoms with Crippen LogP contribution in [0.4, 0.5) is 0 Å². The summed E-state index contributed by atoms with van der Waals surface area (Å²) in [5.41, 5.74) is -1.81. The molecule has 0 aromatic carbocycles. The first-order valence-corrected chi connectivity index (χ1v) is 20.7. The molecule has 2 aliphatic heterocycles. The average Bonchev–Trinajstić information content (AvgIpc) is 3.13. The van der Waals surface area contributed by atoms with Crippen molar-refractivity contribution < 1.29 is 79.0 Å². The maximum absolute atomic E-state index is 14.8. The van der Waals surface area contributed by atoms with Gasteiger partial charge in [-0.15, -0.1) is 0 Å². The highest BCUT2D eigenvalue weighted by molar-refractivity contribution is 5.95. The summed E-state index contributed by atoms with van der Waals surface area (Å²) in [7, 11) is 0. The maximum Gasteiger partial charge on any atom is 0.335 e. The van der Waals surface area contributed by atoms with E-state index < -0.39 is 107 Å². The number of carbonyl (C=O) groups excluding carboxylic acids is 1. The van der Waals surface area contributed by atoms with Gasteiger partial charge in [0.25, 0.3) is 0 Å². The van der Waals surface area contributed by atoms with Crippen molar-refractivity contribution in [2.45, 2.75) is 174 Å². The minimum absolute atomic E-state index is 0.0217. The number of carboxylic acids is 3. The molecular formula is C42H62O16. The molecule has 2 saturated heterocycles. The molecule has 7 aliphatic rings. The van der Waals surface area contributed by atoms with Crippen molar-refractivity contribution in [3.63, 3.8) is 0 Å². The van der Waals surface area contributed by atoms with Gasteiger partial charge in [0.1, 0.15) is 36.6 Å². The Kier molecular flexibility index (Phi) is 10.7. The Morgan fingerprint density at radius 1 is 0.690 bits per heavy atom. The SMILES string of the molecule is CC1(C)C2CC[C@@]3(C)[C@@H](C(=O)C=C4[C@H]5C[C@@](C)(C(=O)O)CC[C@@]5(C)CC[C@@]43C)[C@]2(C)CC[C@H]1OC1OC(C(=O)O)C(O)C(O)C1O[C@H]1O[C@@H](C(=O)O)C(O)C(O)C1O. The minimum atomic E-state index is -2.05. The number of aliphatic carboxylic acids is 3. The van der Waals surface area contributed by atoms with E-state index in [1.165, 1.54) is 0 Å². The zero-order chi connectivity index (χ0) is 42.9. The first kappa shape index (κ1) is 43.5. The van der Waals surface area contributed by atoms with Crippen LogP contribution in [0.2, 0.25) is 0 Å². The lowest BCUT2D eigenvalue weighted by Gasteiger charge is -2.70. The molecule has 7 rings (SSSR count). The fraction of sp³-hybridized carbons (Fsp3) is 0.857. The van der Waals surface area contributed by atoms with Crippen molar-refractivity contribution in [2.24, 2.45) is 50.2 Å². The van der Waals surface area contributed by atoms with E-state index in [2.05, 4.69) is 27.7 Å². The molecule has 16 heteroatoms. The molecule has 326 valence electrons. The minimum Gasteiger partial charge on any atom is -0.481 e. The molecule has 16 nitrogen and oxygen atoms in total. The molecule has 0 radical (unpaired) electrons. The Morgan fingerprint density at radius 2 is 1.28 bits per heavy atom. The van der Waals surface area contributed by atoms with E-state index in [4.69, 9.17) is 18.9 Å². The summed E-state index contributed by atoms with van der Waals surface area (Å²) < 4.78 is 23.4. The molecule has 0 bridgehead atoms. The summed E-state index contributed by atoms with van der Waals surface area (Å²) in [5, 5.41) is 83.0. The van der Waals surface area contributed by atoms with Crippen LogP contribution in [0.25, 0.3) is 0 Å². The lowest BCUT2D eigenvalue weighted by Crippen LogP contribution is -2.68. The van der Waals surface area contributed by atoms with E-state index in [9.17, 15) is 60.0 Å². The number of rotatable bonds is 7. The van der Waals surface area contributed by atoms with Crippen LogP contribution in [-0.2, 0) is 38.1 Å². The van der Waals surface area contributed by atoms with Gasteiger partial charge in [-0.3, -0.25) is 9.59 Å². The number of fused-ring (bicyclic) bond motifs is 7. The second-order valence-electron chi connectivity index (χ2n) is 20.6. The smallest absolute Gasteiger partial charge is 0.335 e.